The second-order valence-corrected chi connectivity index (χ2v) is 5.43. The lowest BCUT2D eigenvalue weighted by molar-refractivity contribution is 0.570. The minimum absolute atomic E-state index is 0.508. The highest BCUT2D eigenvalue weighted by atomic mass is 15.3. The topological polar surface area (TPSA) is 55.9 Å². The molecule has 0 radical (unpaired) electrons. The number of hydrogen-bond donors (Lipinski definition) is 2. The van der Waals surface area contributed by atoms with Crippen LogP contribution in [-0.4, -0.2) is 16.3 Å². The van der Waals surface area contributed by atoms with Gasteiger partial charge in [-0.25, -0.2) is 4.68 Å². The van der Waals surface area contributed by atoms with Gasteiger partial charge in [0.1, 0.15) is 5.82 Å². The van der Waals surface area contributed by atoms with E-state index < -0.39 is 0 Å². The van der Waals surface area contributed by atoms with E-state index in [9.17, 15) is 0 Å². The van der Waals surface area contributed by atoms with Gasteiger partial charge in [0.15, 0.2) is 0 Å². The summed E-state index contributed by atoms with van der Waals surface area (Å²) in [6.07, 6.45) is 1.30. The molecule has 1 heterocycles. The zero-order chi connectivity index (χ0) is 11.9. The van der Waals surface area contributed by atoms with E-state index in [1.165, 1.54) is 6.42 Å². The van der Waals surface area contributed by atoms with Gasteiger partial charge in [-0.3, -0.25) is 0 Å². The summed E-state index contributed by atoms with van der Waals surface area (Å²) < 4.78 is 1.94. The number of nitrogens with one attached hydrogen (secondary N) is 1. The summed E-state index contributed by atoms with van der Waals surface area (Å²) in [6.45, 7) is 10.5. The lowest BCUT2D eigenvalue weighted by Gasteiger charge is -2.10. The van der Waals surface area contributed by atoms with Crippen molar-refractivity contribution in [2.45, 2.75) is 40.7 Å². The molecule has 4 heteroatoms. The monoisotopic (exact) mass is 222 g/mol. The molecule has 1 aromatic rings. The van der Waals surface area contributed by atoms with Crippen LogP contribution in [0.25, 0.3) is 0 Å². The maximum absolute atomic E-state index is 6.01. The quantitative estimate of drug-likeness (QED) is 0.821. The molecule has 1 saturated carbocycles. The zero-order valence-corrected chi connectivity index (χ0v) is 10.7. The summed E-state index contributed by atoms with van der Waals surface area (Å²) in [5.41, 5.74) is 8.22. The van der Waals surface area contributed by atoms with E-state index in [4.69, 9.17) is 5.73 Å². The van der Waals surface area contributed by atoms with E-state index in [1.807, 2.05) is 11.6 Å². The third-order valence-corrected chi connectivity index (χ3v) is 3.71. The summed E-state index contributed by atoms with van der Waals surface area (Å²) in [5, 5.41) is 7.84. The van der Waals surface area contributed by atoms with Gasteiger partial charge in [0.05, 0.1) is 11.4 Å². The number of nitrogens with two attached hydrogens (primary N) is 1. The molecule has 0 aromatic carbocycles. The molecule has 2 rings (SSSR count). The fraction of sp³-hybridized carbons (Fsp3) is 0.750. The van der Waals surface area contributed by atoms with Gasteiger partial charge >= 0.3 is 0 Å². The molecule has 1 unspecified atom stereocenters. The molecule has 16 heavy (non-hydrogen) atoms. The van der Waals surface area contributed by atoms with Crippen molar-refractivity contribution in [1.29, 1.82) is 0 Å². The summed E-state index contributed by atoms with van der Waals surface area (Å²) in [7, 11) is 0. The predicted molar refractivity (Wildman–Crippen MR) is 67.4 cm³/mol. The van der Waals surface area contributed by atoms with E-state index in [1.54, 1.807) is 0 Å². The highest BCUT2D eigenvalue weighted by molar-refractivity contribution is 5.64. The van der Waals surface area contributed by atoms with Crippen LogP contribution < -0.4 is 11.1 Å². The molecule has 0 saturated heterocycles. The molecule has 4 nitrogen and oxygen atoms in total. The first-order chi connectivity index (χ1) is 7.45. The Morgan fingerprint density at radius 1 is 1.56 bits per heavy atom. The molecule has 1 aliphatic rings. The van der Waals surface area contributed by atoms with E-state index in [2.05, 4.69) is 31.2 Å². The van der Waals surface area contributed by atoms with Crippen LogP contribution in [0.4, 0.5) is 11.5 Å². The fourth-order valence-corrected chi connectivity index (χ4v) is 2.16. The molecular formula is C12H22N4. The van der Waals surface area contributed by atoms with Crippen molar-refractivity contribution >= 4 is 11.5 Å². The molecule has 0 aliphatic heterocycles. The van der Waals surface area contributed by atoms with Gasteiger partial charge in [-0.1, -0.05) is 13.8 Å². The first-order valence-corrected chi connectivity index (χ1v) is 6.02. The van der Waals surface area contributed by atoms with Crippen molar-refractivity contribution in [3.8, 4) is 0 Å². The number of aromatic nitrogens is 2. The van der Waals surface area contributed by atoms with Crippen LogP contribution in [0.3, 0.4) is 0 Å². The largest absolute Gasteiger partial charge is 0.394 e. The van der Waals surface area contributed by atoms with Crippen LogP contribution in [0.2, 0.25) is 0 Å². The molecule has 0 spiro atoms. The summed E-state index contributed by atoms with van der Waals surface area (Å²) in [6, 6.07) is 0. The number of nitrogens with zero attached hydrogens (tertiary/aromatic N) is 2. The highest BCUT2D eigenvalue weighted by Gasteiger charge is 2.45. The van der Waals surface area contributed by atoms with Gasteiger partial charge in [0, 0.05) is 13.1 Å². The van der Waals surface area contributed by atoms with Crippen LogP contribution >= 0.6 is 0 Å². The highest BCUT2D eigenvalue weighted by Crippen LogP contribution is 2.51. The number of hydrogen-bond acceptors (Lipinski definition) is 3. The number of nitrogen functional groups attached to an aromatic ring is 1. The van der Waals surface area contributed by atoms with Crippen LogP contribution in [0, 0.1) is 18.3 Å². The maximum Gasteiger partial charge on any atom is 0.148 e. The Morgan fingerprint density at radius 2 is 2.19 bits per heavy atom. The third kappa shape index (κ3) is 1.88. The Bertz CT molecular complexity index is 392. The van der Waals surface area contributed by atoms with Gasteiger partial charge in [0.25, 0.3) is 0 Å². The molecule has 90 valence electrons. The molecule has 3 N–H and O–H groups in total. The number of aryl methyl sites for hydroxylation is 2. The van der Waals surface area contributed by atoms with Gasteiger partial charge in [-0.05, 0) is 31.6 Å². The van der Waals surface area contributed by atoms with Crippen LogP contribution in [0.1, 0.15) is 32.9 Å². The third-order valence-electron chi connectivity index (χ3n) is 3.71. The second-order valence-electron chi connectivity index (χ2n) is 5.43. The zero-order valence-electron chi connectivity index (χ0n) is 10.7. The Morgan fingerprint density at radius 3 is 2.69 bits per heavy atom. The Kier molecular flexibility index (Phi) is 2.60. The lowest BCUT2D eigenvalue weighted by atomic mass is 10.1. The van der Waals surface area contributed by atoms with Crippen molar-refractivity contribution in [3.63, 3.8) is 0 Å². The summed E-state index contributed by atoms with van der Waals surface area (Å²) >= 11 is 0. The first kappa shape index (κ1) is 11.3. The van der Waals surface area contributed by atoms with Crippen molar-refractivity contribution in [2.24, 2.45) is 11.3 Å². The van der Waals surface area contributed by atoms with Crippen molar-refractivity contribution < 1.29 is 0 Å². The van der Waals surface area contributed by atoms with Gasteiger partial charge in [-0.2, -0.15) is 5.10 Å². The van der Waals surface area contributed by atoms with Crippen molar-refractivity contribution in [2.75, 3.05) is 17.6 Å². The molecule has 0 amide bonds. The predicted octanol–water partition coefficient (Wildman–Crippen LogP) is 2.25. The van der Waals surface area contributed by atoms with Gasteiger partial charge in [-0.15, -0.1) is 0 Å². The molecular weight excluding hydrogens is 200 g/mol. The Hall–Kier alpha value is -1.19. The minimum atomic E-state index is 0.508. The Balaban J connectivity index is 2.03. The maximum atomic E-state index is 6.01. The molecule has 1 aliphatic carbocycles. The first-order valence-electron chi connectivity index (χ1n) is 6.02. The molecule has 1 fully saturated rings. The molecule has 1 atom stereocenters. The van der Waals surface area contributed by atoms with Crippen LogP contribution in [0.15, 0.2) is 0 Å². The molecule has 1 aromatic heterocycles. The van der Waals surface area contributed by atoms with Crippen LogP contribution in [-0.2, 0) is 6.54 Å². The SMILES string of the molecule is CCn1nc(C)c(N)c1NCC1CC1(C)C. The molecule has 0 bridgehead atoms. The summed E-state index contributed by atoms with van der Waals surface area (Å²) in [4.78, 5) is 0. The Labute approximate surface area is 97.2 Å². The van der Waals surface area contributed by atoms with E-state index in [0.29, 0.717) is 5.41 Å². The van der Waals surface area contributed by atoms with Crippen molar-refractivity contribution in [1.82, 2.24) is 9.78 Å². The lowest BCUT2D eigenvalue weighted by Crippen LogP contribution is -2.12. The standard InChI is InChI=1S/C12H22N4/c1-5-16-11(10(13)8(2)15-16)14-7-9-6-12(9,3)4/h9,14H,5-7,13H2,1-4H3. The van der Waals surface area contributed by atoms with Crippen LogP contribution in [0.5, 0.6) is 0 Å². The smallest absolute Gasteiger partial charge is 0.148 e. The number of anilines is 2. The van der Waals surface area contributed by atoms with Gasteiger partial charge < -0.3 is 11.1 Å². The summed E-state index contributed by atoms with van der Waals surface area (Å²) in [5.74, 6) is 1.76. The minimum Gasteiger partial charge on any atom is -0.394 e. The van der Waals surface area contributed by atoms with E-state index >= 15 is 0 Å². The van der Waals surface area contributed by atoms with E-state index in [-0.39, 0.29) is 0 Å². The average molecular weight is 222 g/mol. The van der Waals surface area contributed by atoms with E-state index in [0.717, 1.165) is 36.2 Å². The normalized spacial score (nSPS) is 22.1. The fourth-order valence-electron chi connectivity index (χ4n) is 2.16. The second kappa shape index (κ2) is 3.68. The average Bonchev–Trinajstić information content (AvgIpc) is 2.73. The van der Waals surface area contributed by atoms with Gasteiger partial charge in [0.2, 0.25) is 0 Å². The number of rotatable bonds is 4. The van der Waals surface area contributed by atoms with Crippen molar-refractivity contribution in [3.05, 3.63) is 5.69 Å².